The number of amides is 1. The van der Waals surface area contributed by atoms with Gasteiger partial charge in [-0.05, 0) is 37.5 Å². The van der Waals surface area contributed by atoms with E-state index in [2.05, 4.69) is 55.0 Å². The summed E-state index contributed by atoms with van der Waals surface area (Å²) in [7, 11) is 0. The van der Waals surface area contributed by atoms with Crippen molar-refractivity contribution >= 4 is 11.7 Å². The largest absolute Gasteiger partial charge is 0.352 e. The van der Waals surface area contributed by atoms with Gasteiger partial charge in [-0.3, -0.25) is 4.79 Å². The number of benzene rings is 1. The zero-order chi connectivity index (χ0) is 17.5. The first-order valence-corrected chi connectivity index (χ1v) is 8.52. The summed E-state index contributed by atoms with van der Waals surface area (Å²) in [4.78, 5) is 19.0. The summed E-state index contributed by atoms with van der Waals surface area (Å²) in [5.74, 6) is 1.21. The number of hydrogen-bond acceptors (Lipinski definition) is 3. The molecule has 2 rings (SSSR count). The van der Waals surface area contributed by atoms with E-state index in [4.69, 9.17) is 0 Å². The van der Waals surface area contributed by atoms with Gasteiger partial charge in [-0.1, -0.05) is 44.2 Å². The molecule has 4 nitrogen and oxygen atoms in total. The molecule has 4 heteroatoms. The first kappa shape index (κ1) is 18.0. The van der Waals surface area contributed by atoms with E-state index in [0.29, 0.717) is 18.0 Å². The minimum atomic E-state index is -0.0456. The second-order valence-corrected chi connectivity index (χ2v) is 6.71. The number of aromatic nitrogens is 1. The maximum absolute atomic E-state index is 12.3. The first-order chi connectivity index (χ1) is 11.5. The van der Waals surface area contributed by atoms with Crippen molar-refractivity contribution in [2.75, 3.05) is 11.4 Å². The fourth-order valence-corrected chi connectivity index (χ4v) is 2.42. The van der Waals surface area contributed by atoms with Gasteiger partial charge in [0.2, 0.25) is 0 Å². The molecule has 128 valence electrons. The third-order valence-electron chi connectivity index (χ3n) is 3.79. The van der Waals surface area contributed by atoms with Crippen LogP contribution in [-0.4, -0.2) is 23.5 Å². The van der Waals surface area contributed by atoms with Crippen LogP contribution >= 0.6 is 0 Å². The summed E-state index contributed by atoms with van der Waals surface area (Å²) < 4.78 is 0. The molecule has 2 aromatic rings. The number of carbonyl (C=O) groups is 1. The lowest BCUT2D eigenvalue weighted by Gasteiger charge is -2.28. The molecule has 24 heavy (non-hydrogen) atoms. The molecule has 1 aromatic carbocycles. The lowest BCUT2D eigenvalue weighted by molar-refractivity contribution is 0.0949. The zero-order valence-electron chi connectivity index (χ0n) is 15.0. The molecular formula is C20H27N3O. The normalized spacial score (nSPS) is 10.9. The van der Waals surface area contributed by atoms with E-state index in [0.717, 1.165) is 12.4 Å². The zero-order valence-corrected chi connectivity index (χ0v) is 15.0. The lowest BCUT2D eigenvalue weighted by Crippen LogP contribution is -2.32. The molecule has 1 aromatic heterocycles. The molecule has 0 radical (unpaired) electrons. The SMILES string of the molecule is CC(C)CNC(=O)c1ccnc(N(Cc2ccccc2)C(C)C)c1. The molecule has 0 fully saturated rings. The smallest absolute Gasteiger partial charge is 0.251 e. The predicted molar refractivity (Wildman–Crippen MR) is 99.2 cm³/mol. The predicted octanol–water partition coefficient (Wildman–Crippen LogP) is 3.88. The molecule has 1 N–H and O–H groups in total. The third kappa shape index (κ3) is 5.08. The Morgan fingerprint density at radius 2 is 1.83 bits per heavy atom. The van der Waals surface area contributed by atoms with Crippen molar-refractivity contribution in [1.82, 2.24) is 10.3 Å². The second kappa shape index (κ2) is 8.48. The third-order valence-corrected chi connectivity index (χ3v) is 3.79. The van der Waals surface area contributed by atoms with E-state index >= 15 is 0 Å². The van der Waals surface area contributed by atoms with Gasteiger partial charge in [0.05, 0.1) is 0 Å². The van der Waals surface area contributed by atoms with Crippen molar-refractivity contribution in [1.29, 1.82) is 0 Å². The van der Waals surface area contributed by atoms with Crippen LogP contribution in [0.3, 0.4) is 0 Å². The van der Waals surface area contributed by atoms with Gasteiger partial charge in [0, 0.05) is 30.9 Å². The standard InChI is InChI=1S/C20H27N3O/c1-15(2)13-22-20(24)18-10-11-21-19(12-18)23(16(3)4)14-17-8-6-5-7-9-17/h5-12,15-16H,13-14H2,1-4H3,(H,22,24). The Morgan fingerprint density at radius 1 is 1.12 bits per heavy atom. The number of carbonyl (C=O) groups excluding carboxylic acids is 1. The Hall–Kier alpha value is -2.36. The second-order valence-electron chi connectivity index (χ2n) is 6.71. The van der Waals surface area contributed by atoms with Crippen molar-refractivity contribution in [2.24, 2.45) is 5.92 Å². The maximum atomic E-state index is 12.3. The quantitative estimate of drug-likeness (QED) is 0.840. The lowest BCUT2D eigenvalue weighted by atomic mass is 10.1. The topological polar surface area (TPSA) is 45.2 Å². The fourth-order valence-electron chi connectivity index (χ4n) is 2.42. The number of anilines is 1. The number of nitrogens with zero attached hydrogens (tertiary/aromatic N) is 2. The molecule has 0 saturated heterocycles. The molecule has 0 atom stereocenters. The van der Waals surface area contributed by atoms with Crippen LogP contribution in [0, 0.1) is 5.92 Å². The van der Waals surface area contributed by atoms with Gasteiger partial charge in [0.1, 0.15) is 5.82 Å². The summed E-state index contributed by atoms with van der Waals surface area (Å²) in [5, 5.41) is 2.96. The van der Waals surface area contributed by atoms with Crippen LogP contribution in [0.2, 0.25) is 0 Å². The molecule has 0 spiro atoms. The van der Waals surface area contributed by atoms with Crippen LogP contribution in [0.25, 0.3) is 0 Å². The monoisotopic (exact) mass is 325 g/mol. The van der Waals surface area contributed by atoms with Crippen LogP contribution in [-0.2, 0) is 6.54 Å². The Bertz CT molecular complexity index is 653. The van der Waals surface area contributed by atoms with Gasteiger partial charge < -0.3 is 10.2 Å². The van der Waals surface area contributed by atoms with Gasteiger partial charge in [-0.2, -0.15) is 0 Å². The fraction of sp³-hybridized carbons (Fsp3) is 0.400. The maximum Gasteiger partial charge on any atom is 0.251 e. The Kier molecular flexibility index (Phi) is 6.36. The van der Waals surface area contributed by atoms with Gasteiger partial charge in [0.15, 0.2) is 0 Å². The van der Waals surface area contributed by atoms with Crippen molar-refractivity contribution in [3.8, 4) is 0 Å². The van der Waals surface area contributed by atoms with Crippen molar-refractivity contribution in [3.05, 3.63) is 59.8 Å². The molecule has 0 saturated carbocycles. The number of nitrogens with one attached hydrogen (secondary N) is 1. The number of pyridine rings is 1. The summed E-state index contributed by atoms with van der Waals surface area (Å²) in [6.07, 6.45) is 1.71. The van der Waals surface area contributed by atoms with E-state index in [9.17, 15) is 4.79 Å². The minimum Gasteiger partial charge on any atom is -0.352 e. The highest BCUT2D eigenvalue weighted by atomic mass is 16.1. The first-order valence-electron chi connectivity index (χ1n) is 8.52. The highest BCUT2D eigenvalue weighted by molar-refractivity contribution is 5.94. The van der Waals surface area contributed by atoms with E-state index < -0.39 is 0 Å². The van der Waals surface area contributed by atoms with Crippen molar-refractivity contribution < 1.29 is 4.79 Å². The van der Waals surface area contributed by atoms with Gasteiger partial charge in [0.25, 0.3) is 5.91 Å². The minimum absolute atomic E-state index is 0.0456. The Balaban J connectivity index is 2.18. The molecular weight excluding hydrogens is 298 g/mol. The van der Waals surface area contributed by atoms with Gasteiger partial charge >= 0.3 is 0 Å². The van der Waals surface area contributed by atoms with Gasteiger partial charge in [-0.15, -0.1) is 0 Å². The summed E-state index contributed by atoms with van der Waals surface area (Å²) >= 11 is 0. The molecule has 0 bridgehead atoms. The summed E-state index contributed by atoms with van der Waals surface area (Å²) in [6, 6.07) is 14.2. The van der Waals surface area contributed by atoms with E-state index in [1.165, 1.54) is 5.56 Å². The van der Waals surface area contributed by atoms with Crippen molar-refractivity contribution in [3.63, 3.8) is 0 Å². The van der Waals surface area contributed by atoms with E-state index in [1.807, 2.05) is 24.3 Å². The van der Waals surface area contributed by atoms with E-state index in [-0.39, 0.29) is 11.9 Å². The molecule has 1 heterocycles. The highest BCUT2D eigenvalue weighted by Crippen LogP contribution is 2.19. The molecule has 1 amide bonds. The summed E-state index contributed by atoms with van der Waals surface area (Å²) in [5.41, 5.74) is 1.88. The Labute approximate surface area is 144 Å². The van der Waals surface area contributed by atoms with Crippen LogP contribution < -0.4 is 10.2 Å². The van der Waals surface area contributed by atoms with E-state index in [1.54, 1.807) is 12.3 Å². The van der Waals surface area contributed by atoms with Crippen LogP contribution in [0.4, 0.5) is 5.82 Å². The number of hydrogen-bond donors (Lipinski definition) is 1. The molecule has 0 aliphatic heterocycles. The van der Waals surface area contributed by atoms with Gasteiger partial charge in [-0.25, -0.2) is 4.98 Å². The number of rotatable bonds is 7. The van der Waals surface area contributed by atoms with Crippen LogP contribution in [0.5, 0.6) is 0 Å². The van der Waals surface area contributed by atoms with Crippen LogP contribution in [0.15, 0.2) is 48.7 Å². The van der Waals surface area contributed by atoms with Crippen molar-refractivity contribution in [2.45, 2.75) is 40.3 Å². The molecule has 0 aliphatic carbocycles. The Morgan fingerprint density at radius 3 is 2.46 bits per heavy atom. The average Bonchev–Trinajstić information content (AvgIpc) is 2.58. The summed E-state index contributed by atoms with van der Waals surface area (Å²) in [6.45, 7) is 9.88. The average molecular weight is 325 g/mol. The highest BCUT2D eigenvalue weighted by Gasteiger charge is 2.15. The molecule has 0 aliphatic rings. The molecule has 0 unspecified atom stereocenters. The van der Waals surface area contributed by atoms with Crippen LogP contribution in [0.1, 0.15) is 43.6 Å².